The van der Waals surface area contributed by atoms with Crippen molar-refractivity contribution >= 4 is 11.9 Å². The van der Waals surface area contributed by atoms with Crippen molar-refractivity contribution in [3.8, 4) is 0 Å². The van der Waals surface area contributed by atoms with Gasteiger partial charge in [-0.3, -0.25) is 9.59 Å². The van der Waals surface area contributed by atoms with Gasteiger partial charge in [0.1, 0.15) is 12.2 Å². The predicted octanol–water partition coefficient (Wildman–Crippen LogP) is 4.41. The van der Waals surface area contributed by atoms with E-state index in [1.165, 1.54) is 0 Å². The Bertz CT molecular complexity index is 551. The molecule has 132 valence electrons. The lowest BCUT2D eigenvalue weighted by molar-refractivity contribution is -0.170. The van der Waals surface area contributed by atoms with Crippen molar-refractivity contribution in [1.29, 1.82) is 0 Å². The van der Waals surface area contributed by atoms with Crippen molar-refractivity contribution in [2.75, 3.05) is 0 Å². The molecule has 4 nitrogen and oxygen atoms in total. The number of carbonyl (C=O) groups is 2. The second-order valence-corrected chi connectivity index (χ2v) is 7.67. The topological polar surface area (TPSA) is 52.6 Å². The summed E-state index contributed by atoms with van der Waals surface area (Å²) >= 11 is 0. The van der Waals surface area contributed by atoms with Crippen LogP contribution >= 0.6 is 0 Å². The summed E-state index contributed by atoms with van der Waals surface area (Å²) in [5.74, 6) is -0.585. The summed E-state index contributed by atoms with van der Waals surface area (Å²) < 4.78 is 11.0. The Balaban J connectivity index is 2.03. The van der Waals surface area contributed by atoms with Crippen LogP contribution < -0.4 is 0 Å². The van der Waals surface area contributed by atoms with Gasteiger partial charge in [0.05, 0.1) is 11.8 Å². The number of esters is 2. The zero-order valence-corrected chi connectivity index (χ0v) is 15.0. The molecule has 24 heavy (non-hydrogen) atoms. The van der Waals surface area contributed by atoms with Crippen LogP contribution in [0.1, 0.15) is 64.9 Å². The first-order valence-electron chi connectivity index (χ1n) is 8.74. The fraction of sp³-hybridized carbons (Fsp3) is 0.600. The Morgan fingerprint density at radius 2 is 1.67 bits per heavy atom. The van der Waals surface area contributed by atoms with Crippen LogP contribution in [-0.2, 0) is 25.7 Å². The van der Waals surface area contributed by atoms with Gasteiger partial charge in [-0.2, -0.15) is 0 Å². The van der Waals surface area contributed by atoms with Crippen LogP contribution in [0, 0.1) is 5.41 Å². The smallest absolute Gasteiger partial charge is 0.312 e. The van der Waals surface area contributed by atoms with Gasteiger partial charge in [-0.25, -0.2) is 0 Å². The molecule has 0 unspecified atom stereocenters. The van der Waals surface area contributed by atoms with Gasteiger partial charge in [0.2, 0.25) is 0 Å². The highest BCUT2D eigenvalue weighted by molar-refractivity contribution is 5.83. The van der Waals surface area contributed by atoms with E-state index in [1.54, 1.807) is 0 Å². The highest BCUT2D eigenvalue weighted by atomic mass is 16.6. The minimum absolute atomic E-state index is 0.109. The molecule has 0 atom stereocenters. The van der Waals surface area contributed by atoms with Gasteiger partial charge in [0.15, 0.2) is 0 Å². The molecule has 4 heteroatoms. The van der Waals surface area contributed by atoms with Gasteiger partial charge < -0.3 is 9.47 Å². The normalized spacial score (nSPS) is 17.1. The molecule has 0 radical (unpaired) electrons. The minimum Gasteiger partial charge on any atom is -0.460 e. The summed E-state index contributed by atoms with van der Waals surface area (Å²) in [6, 6.07) is 9.61. The van der Waals surface area contributed by atoms with E-state index < -0.39 is 11.0 Å². The molecule has 0 bridgehead atoms. The first-order valence-corrected chi connectivity index (χ1v) is 8.74. The number of hydrogen-bond acceptors (Lipinski definition) is 4. The van der Waals surface area contributed by atoms with Crippen molar-refractivity contribution in [3.05, 3.63) is 35.9 Å². The highest BCUT2D eigenvalue weighted by Gasteiger charge is 2.43. The van der Waals surface area contributed by atoms with Gasteiger partial charge in [-0.1, -0.05) is 49.6 Å². The maximum absolute atomic E-state index is 12.8. The van der Waals surface area contributed by atoms with Gasteiger partial charge in [0.25, 0.3) is 0 Å². The van der Waals surface area contributed by atoms with Crippen LogP contribution in [0.2, 0.25) is 0 Å². The van der Waals surface area contributed by atoms with Crippen molar-refractivity contribution in [2.24, 2.45) is 5.41 Å². The average Bonchev–Trinajstić information content (AvgIpc) is 2.52. The molecule has 0 aliphatic heterocycles. The number of carbonyl (C=O) groups excluding carboxylic acids is 2. The number of ether oxygens (including phenoxy) is 2. The number of hydrogen-bond donors (Lipinski definition) is 0. The van der Waals surface area contributed by atoms with E-state index in [-0.39, 0.29) is 25.0 Å². The molecular weight excluding hydrogens is 304 g/mol. The van der Waals surface area contributed by atoms with Crippen molar-refractivity contribution < 1.29 is 19.1 Å². The van der Waals surface area contributed by atoms with Crippen molar-refractivity contribution in [3.63, 3.8) is 0 Å². The standard InChI is InChI=1S/C20H28O4/c1-19(2,3)24-17(21)14-20(12-8-5-9-13-20)18(22)23-15-16-10-6-4-7-11-16/h4,6-7,10-11H,5,8-9,12-15H2,1-3H3. The minimum atomic E-state index is -0.727. The molecule has 1 aromatic rings. The average molecular weight is 332 g/mol. The Labute approximate surface area is 144 Å². The molecule has 0 spiro atoms. The summed E-state index contributed by atoms with van der Waals surface area (Å²) in [6.45, 7) is 5.76. The lowest BCUT2D eigenvalue weighted by Crippen LogP contribution is -2.39. The lowest BCUT2D eigenvalue weighted by atomic mass is 9.72. The van der Waals surface area contributed by atoms with Crippen LogP contribution in [0.25, 0.3) is 0 Å². The molecule has 0 aromatic heterocycles. The van der Waals surface area contributed by atoms with E-state index in [0.29, 0.717) is 12.8 Å². The van der Waals surface area contributed by atoms with E-state index in [9.17, 15) is 9.59 Å². The summed E-state index contributed by atoms with van der Waals surface area (Å²) in [4.78, 5) is 25.0. The summed E-state index contributed by atoms with van der Waals surface area (Å²) in [6.07, 6.45) is 4.49. The van der Waals surface area contributed by atoms with Gasteiger partial charge in [0, 0.05) is 0 Å². The molecule has 1 fully saturated rings. The Morgan fingerprint density at radius 3 is 2.25 bits per heavy atom. The second kappa shape index (κ2) is 7.82. The van der Waals surface area contributed by atoms with Crippen LogP contribution in [0.4, 0.5) is 0 Å². The lowest BCUT2D eigenvalue weighted by Gasteiger charge is -2.34. The monoisotopic (exact) mass is 332 g/mol. The fourth-order valence-electron chi connectivity index (χ4n) is 3.21. The SMILES string of the molecule is CC(C)(C)OC(=O)CC1(C(=O)OCc2ccccc2)CCCCC1. The molecule has 0 amide bonds. The Kier molecular flexibility index (Phi) is 6.03. The third-order valence-electron chi connectivity index (χ3n) is 4.36. The largest absolute Gasteiger partial charge is 0.460 e. The molecule has 1 aliphatic carbocycles. The summed E-state index contributed by atoms with van der Waals surface area (Å²) in [5.41, 5.74) is -0.315. The Morgan fingerprint density at radius 1 is 1.04 bits per heavy atom. The van der Waals surface area contributed by atoms with Crippen LogP contribution in [0.3, 0.4) is 0 Å². The third-order valence-corrected chi connectivity index (χ3v) is 4.36. The van der Waals surface area contributed by atoms with Crippen molar-refractivity contribution in [2.45, 2.75) is 71.5 Å². The zero-order chi connectivity index (χ0) is 17.6. The predicted molar refractivity (Wildman–Crippen MR) is 92.2 cm³/mol. The maximum Gasteiger partial charge on any atom is 0.312 e. The second-order valence-electron chi connectivity index (χ2n) is 7.67. The van der Waals surface area contributed by atoms with Crippen LogP contribution in [-0.4, -0.2) is 17.5 Å². The summed E-state index contributed by atoms with van der Waals surface area (Å²) in [7, 11) is 0. The van der Waals surface area contributed by atoms with Crippen molar-refractivity contribution in [1.82, 2.24) is 0 Å². The Hall–Kier alpha value is -1.84. The van der Waals surface area contributed by atoms with E-state index in [0.717, 1.165) is 24.8 Å². The molecule has 0 heterocycles. The molecular formula is C20H28O4. The fourth-order valence-corrected chi connectivity index (χ4v) is 3.21. The number of rotatable bonds is 5. The van der Waals surface area contributed by atoms with Gasteiger partial charge >= 0.3 is 11.9 Å². The molecule has 1 aliphatic rings. The number of benzene rings is 1. The first kappa shape index (κ1) is 18.5. The molecule has 2 rings (SSSR count). The first-order chi connectivity index (χ1) is 11.3. The van der Waals surface area contributed by atoms with E-state index in [1.807, 2.05) is 51.1 Å². The maximum atomic E-state index is 12.8. The van der Waals surface area contributed by atoms with E-state index >= 15 is 0 Å². The quantitative estimate of drug-likeness (QED) is 0.749. The van der Waals surface area contributed by atoms with Gasteiger partial charge in [-0.15, -0.1) is 0 Å². The molecule has 0 saturated heterocycles. The van der Waals surface area contributed by atoms with E-state index in [2.05, 4.69) is 0 Å². The van der Waals surface area contributed by atoms with E-state index in [4.69, 9.17) is 9.47 Å². The van der Waals surface area contributed by atoms with Gasteiger partial charge in [-0.05, 0) is 39.2 Å². The van der Waals surface area contributed by atoms with Crippen LogP contribution in [0.15, 0.2) is 30.3 Å². The van der Waals surface area contributed by atoms with Crippen LogP contribution in [0.5, 0.6) is 0 Å². The zero-order valence-electron chi connectivity index (χ0n) is 15.0. The molecule has 1 saturated carbocycles. The molecule has 0 N–H and O–H groups in total. The third kappa shape index (κ3) is 5.36. The molecule has 1 aromatic carbocycles. The highest BCUT2D eigenvalue weighted by Crippen LogP contribution is 2.41. The summed E-state index contributed by atoms with van der Waals surface area (Å²) in [5, 5.41) is 0.